The first-order chi connectivity index (χ1) is 11.0. The average Bonchev–Trinajstić information content (AvgIpc) is 2.96. The highest BCUT2D eigenvalue weighted by Crippen LogP contribution is 2.24. The number of nitrogens with one attached hydrogen (secondary N) is 2. The third-order valence-corrected chi connectivity index (χ3v) is 4.56. The van der Waals surface area contributed by atoms with Gasteiger partial charge in [0.25, 0.3) is 0 Å². The number of amides is 2. The molecular formula is C16H17ClN2O3S. The van der Waals surface area contributed by atoms with Gasteiger partial charge in [0.15, 0.2) is 0 Å². The van der Waals surface area contributed by atoms with Crippen LogP contribution in [-0.2, 0) is 14.3 Å². The monoisotopic (exact) mass is 352 g/mol. The van der Waals surface area contributed by atoms with Gasteiger partial charge in [0.05, 0.1) is 10.7 Å². The predicted molar refractivity (Wildman–Crippen MR) is 91.9 cm³/mol. The summed E-state index contributed by atoms with van der Waals surface area (Å²) in [6, 6.07) is 10.7. The van der Waals surface area contributed by atoms with Gasteiger partial charge in [-0.1, -0.05) is 23.7 Å². The van der Waals surface area contributed by atoms with Gasteiger partial charge >= 0.3 is 11.8 Å². The van der Waals surface area contributed by atoms with Crippen LogP contribution in [0.15, 0.2) is 36.4 Å². The largest absolute Gasteiger partial charge is 0.374 e. The Morgan fingerprint density at radius 2 is 1.96 bits per heavy atom. The zero-order valence-electron chi connectivity index (χ0n) is 12.8. The number of anilines is 1. The molecule has 0 saturated heterocycles. The number of carbonyl (C=O) groups excluding carboxylic acids is 2. The van der Waals surface area contributed by atoms with E-state index in [4.69, 9.17) is 16.3 Å². The van der Waals surface area contributed by atoms with Gasteiger partial charge in [-0.2, -0.15) is 0 Å². The molecule has 0 radical (unpaired) electrons. The molecule has 0 bridgehead atoms. The SMILES string of the molecule is CO[C@@H](CNC(=O)C(=O)Nc1ccccc1Cl)c1ccc(C)s1. The van der Waals surface area contributed by atoms with Crippen LogP contribution in [0.5, 0.6) is 0 Å². The predicted octanol–water partition coefficient (Wildman–Crippen LogP) is 3.15. The molecule has 1 aromatic heterocycles. The molecule has 23 heavy (non-hydrogen) atoms. The van der Waals surface area contributed by atoms with Crippen molar-refractivity contribution in [1.82, 2.24) is 5.32 Å². The van der Waals surface area contributed by atoms with E-state index in [1.807, 2.05) is 19.1 Å². The number of hydrogen-bond acceptors (Lipinski definition) is 4. The first-order valence-electron chi connectivity index (χ1n) is 6.94. The van der Waals surface area contributed by atoms with Gasteiger partial charge in [-0.15, -0.1) is 11.3 Å². The summed E-state index contributed by atoms with van der Waals surface area (Å²) in [5.41, 5.74) is 0.395. The molecule has 0 aliphatic rings. The molecule has 0 aliphatic carbocycles. The summed E-state index contributed by atoms with van der Waals surface area (Å²) in [5.74, 6) is -1.50. The molecular weight excluding hydrogens is 336 g/mol. The third kappa shape index (κ3) is 4.79. The normalized spacial score (nSPS) is 11.8. The van der Waals surface area contributed by atoms with Gasteiger partial charge in [0.1, 0.15) is 6.10 Å². The molecule has 2 N–H and O–H groups in total. The fourth-order valence-electron chi connectivity index (χ4n) is 1.93. The number of ether oxygens (including phenoxy) is 1. The van der Waals surface area contributed by atoms with Crippen LogP contribution in [0.3, 0.4) is 0 Å². The Morgan fingerprint density at radius 3 is 2.57 bits per heavy atom. The van der Waals surface area contributed by atoms with E-state index in [0.29, 0.717) is 10.7 Å². The lowest BCUT2D eigenvalue weighted by Gasteiger charge is -2.14. The summed E-state index contributed by atoms with van der Waals surface area (Å²) in [5, 5.41) is 5.42. The number of benzene rings is 1. The molecule has 122 valence electrons. The van der Waals surface area contributed by atoms with Gasteiger partial charge < -0.3 is 15.4 Å². The molecule has 0 unspecified atom stereocenters. The minimum Gasteiger partial charge on any atom is -0.374 e. The summed E-state index contributed by atoms with van der Waals surface area (Å²) in [7, 11) is 1.57. The second kappa shape index (κ2) is 8.10. The fourth-order valence-corrected chi connectivity index (χ4v) is 3.07. The molecule has 5 nitrogen and oxygen atoms in total. The summed E-state index contributed by atoms with van der Waals surface area (Å²) in [6.45, 7) is 2.21. The van der Waals surface area contributed by atoms with Crippen molar-refractivity contribution in [2.75, 3.05) is 19.0 Å². The molecule has 2 rings (SSSR count). The highest BCUT2D eigenvalue weighted by atomic mass is 35.5. The number of carbonyl (C=O) groups is 2. The van der Waals surface area contributed by atoms with Crippen LogP contribution in [0.1, 0.15) is 15.9 Å². The molecule has 1 heterocycles. The summed E-state index contributed by atoms with van der Waals surface area (Å²) in [6.07, 6.45) is -0.286. The lowest BCUT2D eigenvalue weighted by atomic mass is 10.2. The molecule has 0 saturated carbocycles. The maximum atomic E-state index is 11.9. The highest BCUT2D eigenvalue weighted by Gasteiger charge is 2.18. The quantitative estimate of drug-likeness (QED) is 0.812. The van der Waals surface area contributed by atoms with Crippen molar-refractivity contribution in [2.45, 2.75) is 13.0 Å². The Balaban J connectivity index is 1.91. The first-order valence-corrected chi connectivity index (χ1v) is 8.13. The Bertz CT molecular complexity index is 702. The lowest BCUT2D eigenvalue weighted by molar-refractivity contribution is -0.136. The number of rotatable bonds is 5. The summed E-state index contributed by atoms with van der Waals surface area (Å²) < 4.78 is 5.36. The third-order valence-electron chi connectivity index (χ3n) is 3.14. The second-order valence-corrected chi connectivity index (χ2v) is 6.54. The van der Waals surface area contributed by atoms with Gasteiger partial charge in [0, 0.05) is 23.4 Å². The molecule has 2 amide bonds. The topological polar surface area (TPSA) is 67.4 Å². The average molecular weight is 353 g/mol. The van der Waals surface area contributed by atoms with Crippen LogP contribution in [-0.4, -0.2) is 25.5 Å². The van der Waals surface area contributed by atoms with E-state index < -0.39 is 11.8 Å². The second-order valence-electron chi connectivity index (χ2n) is 4.82. The molecule has 1 atom stereocenters. The Labute approximate surface area is 143 Å². The van der Waals surface area contributed by atoms with Crippen LogP contribution < -0.4 is 10.6 Å². The summed E-state index contributed by atoms with van der Waals surface area (Å²) >= 11 is 7.53. The number of hydrogen-bond donors (Lipinski definition) is 2. The van der Waals surface area contributed by atoms with Crippen LogP contribution in [0.2, 0.25) is 5.02 Å². The van der Waals surface area contributed by atoms with E-state index in [9.17, 15) is 9.59 Å². The summed E-state index contributed by atoms with van der Waals surface area (Å²) in [4.78, 5) is 25.9. The number of para-hydroxylation sites is 1. The minimum atomic E-state index is -0.768. The minimum absolute atomic E-state index is 0.214. The van der Waals surface area contributed by atoms with Crippen molar-refractivity contribution in [3.8, 4) is 0 Å². The van der Waals surface area contributed by atoms with Gasteiger partial charge in [0.2, 0.25) is 0 Å². The van der Waals surface area contributed by atoms with E-state index in [-0.39, 0.29) is 12.6 Å². The first kappa shape index (κ1) is 17.5. The molecule has 1 aromatic carbocycles. The lowest BCUT2D eigenvalue weighted by Crippen LogP contribution is -2.37. The van der Waals surface area contributed by atoms with E-state index >= 15 is 0 Å². The number of thiophene rings is 1. The van der Waals surface area contributed by atoms with Crippen molar-refractivity contribution in [3.63, 3.8) is 0 Å². The maximum Gasteiger partial charge on any atom is 0.313 e. The molecule has 0 aliphatic heterocycles. The highest BCUT2D eigenvalue weighted by molar-refractivity contribution is 7.12. The molecule has 7 heteroatoms. The standard InChI is InChI=1S/C16H17ClN2O3S/c1-10-7-8-14(23-10)13(22-2)9-18-15(20)16(21)19-12-6-4-3-5-11(12)17/h3-8,13H,9H2,1-2H3,(H,18,20)(H,19,21)/t13-/m0/s1. The van der Waals surface area contributed by atoms with E-state index in [0.717, 1.165) is 9.75 Å². The zero-order chi connectivity index (χ0) is 16.8. The van der Waals surface area contributed by atoms with Crippen LogP contribution in [0.4, 0.5) is 5.69 Å². The van der Waals surface area contributed by atoms with E-state index in [1.165, 1.54) is 0 Å². The van der Waals surface area contributed by atoms with Gasteiger partial charge in [-0.25, -0.2) is 0 Å². The number of methoxy groups -OCH3 is 1. The van der Waals surface area contributed by atoms with Crippen LogP contribution >= 0.6 is 22.9 Å². The van der Waals surface area contributed by atoms with Crippen LogP contribution in [0.25, 0.3) is 0 Å². The molecule has 2 aromatic rings. The Morgan fingerprint density at radius 1 is 1.22 bits per heavy atom. The van der Waals surface area contributed by atoms with Crippen molar-refractivity contribution >= 4 is 40.4 Å². The van der Waals surface area contributed by atoms with Crippen molar-refractivity contribution in [1.29, 1.82) is 0 Å². The van der Waals surface area contributed by atoms with Gasteiger partial charge in [-0.3, -0.25) is 9.59 Å². The fraction of sp³-hybridized carbons (Fsp3) is 0.250. The van der Waals surface area contributed by atoms with E-state index in [2.05, 4.69) is 10.6 Å². The van der Waals surface area contributed by atoms with Gasteiger partial charge in [-0.05, 0) is 31.2 Å². The molecule has 0 spiro atoms. The number of halogens is 1. The zero-order valence-corrected chi connectivity index (χ0v) is 14.3. The number of aryl methyl sites for hydroxylation is 1. The van der Waals surface area contributed by atoms with Crippen molar-refractivity contribution < 1.29 is 14.3 Å². The van der Waals surface area contributed by atoms with E-state index in [1.54, 1.807) is 42.7 Å². The maximum absolute atomic E-state index is 11.9. The Hall–Kier alpha value is -1.89. The van der Waals surface area contributed by atoms with Crippen molar-refractivity contribution in [2.24, 2.45) is 0 Å². The van der Waals surface area contributed by atoms with Crippen molar-refractivity contribution in [3.05, 3.63) is 51.2 Å². The van der Waals surface area contributed by atoms with Crippen LogP contribution in [0, 0.1) is 6.92 Å². The molecule has 0 fully saturated rings. The Kier molecular flexibility index (Phi) is 6.15. The smallest absolute Gasteiger partial charge is 0.313 e.